The monoisotopic (exact) mass is 410 g/mol. The SMILES string of the molecule is C[C@@H](c1nc2ccc(F)cc2cc1-c1ccccn1)n1nc(C#N)c2c(N)ncnc21. The lowest BCUT2D eigenvalue weighted by molar-refractivity contribution is 0.566. The summed E-state index contributed by atoms with van der Waals surface area (Å²) in [7, 11) is 0. The largest absolute Gasteiger partial charge is 0.383 e. The highest BCUT2D eigenvalue weighted by Gasteiger charge is 2.24. The molecule has 0 aliphatic heterocycles. The number of rotatable bonds is 3. The minimum Gasteiger partial charge on any atom is -0.383 e. The molecule has 0 fully saturated rings. The zero-order valence-electron chi connectivity index (χ0n) is 16.4. The number of nitrogens with two attached hydrogens (primary N) is 1. The van der Waals surface area contributed by atoms with Gasteiger partial charge in [0.05, 0.1) is 28.3 Å². The summed E-state index contributed by atoms with van der Waals surface area (Å²) in [6, 6.07) is 13.5. The van der Waals surface area contributed by atoms with Gasteiger partial charge >= 0.3 is 0 Å². The number of pyridine rings is 2. The maximum atomic E-state index is 13.8. The predicted molar refractivity (Wildman–Crippen MR) is 113 cm³/mol. The smallest absolute Gasteiger partial charge is 0.175 e. The maximum absolute atomic E-state index is 13.8. The summed E-state index contributed by atoms with van der Waals surface area (Å²) in [5.41, 5.74) is 9.26. The highest BCUT2D eigenvalue weighted by atomic mass is 19.1. The number of nitriles is 1. The zero-order chi connectivity index (χ0) is 21.5. The minimum atomic E-state index is -0.426. The molecule has 0 saturated carbocycles. The second-order valence-corrected chi connectivity index (χ2v) is 7.01. The average Bonchev–Trinajstić information content (AvgIpc) is 3.18. The van der Waals surface area contributed by atoms with Crippen LogP contribution >= 0.6 is 0 Å². The molecule has 9 heteroatoms. The molecule has 0 unspecified atom stereocenters. The van der Waals surface area contributed by atoms with E-state index in [1.54, 1.807) is 16.9 Å². The van der Waals surface area contributed by atoms with Crippen LogP contribution in [0, 0.1) is 17.1 Å². The second-order valence-electron chi connectivity index (χ2n) is 7.01. The van der Waals surface area contributed by atoms with Crippen LogP contribution in [0.5, 0.6) is 0 Å². The van der Waals surface area contributed by atoms with E-state index in [1.165, 1.54) is 18.5 Å². The molecular formula is C22H15FN8. The molecule has 0 bridgehead atoms. The van der Waals surface area contributed by atoms with Gasteiger partial charge < -0.3 is 5.73 Å². The Morgan fingerprint density at radius 2 is 2.00 bits per heavy atom. The quantitative estimate of drug-likeness (QED) is 0.482. The van der Waals surface area contributed by atoms with Crippen LogP contribution in [-0.4, -0.2) is 29.7 Å². The molecular weight excluding hydrogens is 395 g/mol. The second kappa shape index (κ2) is 7.11. The topological polar surface area (TPSA) is 119 Å². The molecule has 1 aromatic carbocycles. The average molecular weight is 410 g/mol. The van der Waals surface area contributed by atoms with Gasteiger partial charge in [-0.15, -0.1) is 0 Å². The number of nitrogen functional groups attached to an aromatic ring is 1. The van der Waals surface area contributed by atoms with Crippen LogP contribution in [0.2, 0.25) is 0 Å². The fourth-order valence-electron chi connectivity index (χ4n) is 3.67. The van der Waals surface area contributed by atoms with Crippen molar-refractivity contribution >= 4 is 27.8 Å². The molecule has 0 saturated heterocycles. The van der Waals surface area contributed by atoms with Crippen LogP contribution in [0.3, 0.4) is 0 Å². The van der Waals surface area contributed by atoms with Gasteiger partial charge in [-0.05, 0) is 43.3 Å². The molecule has 0 spiro atoms. The Bertz CT molecular complexity index is 1490. The maximum Gasteiger partial charge on any atom is 0.175 e. The van der Waals surface area contributed by atoms with E-state index >= 15 is 0 Å². The zero-order valence-corrected chi connectivity index (χ0v) is 16.4. The number of nitrogens with zero attached hydrogens (tertiary/aromatic N) is 7. The van der Waals surface area contributed by atoms with Crippen LogP contribution in [0.1, 0.15) is 24.4 Å². The van der Waals surface area contributed by atoms with Gasteiger partial charge in [0.15, 0.2) is 11.3 Å². The molecule has 5 rings (SSSR count). The fraction of sp³-hybridized carbons (Fsp3) is 0.0909. The Hall–Kier alpha value is -4.45. The van der Waals surface area contributed by atoms with Gasteiger partial charge in [-0.25, -0.2) is 24.0 Å². The van der Waals surface area contributed by atoms with Gasteiger partial charge in [0.2, 0.25) is 0 Å². The van der Waals surface area contributed by atoms with Crippen molar-refractivity contribution in [1.29, 1.82) is 5.26 Å². The lowest BCUT2D eigenvalue weighted by atomic mass is 10.0. The summed E-state index contributed by atoms with van der Waals surface area (Å²) in [5.74, 6) is -0.155. The van der Waals surface area contributed by atoms with Gasteiger partial charge in [0.1, 0.15) is 24.0 Å². The summed E-state index contributed by atoms with van der Waals surface area (Å²) in [6.07, 6.45) is 3.02. The summed E-state index contributed by atoms with van der Waals surface area (Å²) >= 11 is 0. The third kappa shape index (κ3) is 3.02. The van der Waals surface area contributed by atoms with Gasteiger partial charge in [-0.3, -0.25) is 4.98 Å². The van der Waals surface area contributed by atoms with E-state index in [0.717, 1.165) is 5.56 Å². The van der Waals surface area contributed by atoms with Crippen molar-refractivity contribution in [1.82, 2.24) is 29.7 Å². The van der Waals surface area contributed by atoms with Crippen molar-refractivity contribution in [3.63, 3.8) is 0 Å². The first-order valence-corrected chi connectivity index (χ1v) is 9.47. The third-order valence-corrected chi connectivity index (χ3v) is 5.13. The molecule has 0 amide bonds. The number of aromatic nitrogens is 6. The Balaban J connectivity index is 1.79. The van der Waals surface area contributed by atoms with E-state index in [-0.39, 0.29) is 17.3 Å². The first-order chi connectivity index (χ1) is 15.1. The Morgan fingerprint density at radius 1 is 1.13 bits per heavy atom. The lowest BCUT2D eigenvalue weighted by Gasteiger charge is -2.17. The predicted octanol–water partition coefficient (Wildman–Crippen LogP) is 3.64. The van der Waals surface area contributed by atoms with E-state index in [0.29, 0.717) is 33.3 Å². The van der Waals surface area contributed by atoms with Gasteiger partial charge in [0.25, 0.3) is 0 Å². The van der Waals surface area contributed by atoms with Crippen LogP contribution in [0.25, 0.3) is 33.2 Å². The van der Waals surface area contributed by atoms with E-state index in [4.69, 9.17) is 10.7 Å². The Labute approximate surface area is 175 Å². The van der Waals surface area contributed by atoms with E-state index in [2.05, 4.69) is 26.1 Å². The van der Waals surface area contributed by atoms with Crippen LogP contribution in [-0.2, 0) is 0 Å². The number of anilines is 1. The van der Waals surface area contributed by atoms with E-state index < -0.39 is 6.04 Å². The van der Waals surface area contributed by atoms with Gasteiger partial charge in [-0.1, -0.05) is 6.07 Å². The van der Waals surface area contributed by atoms with Crippen LogP contribution in [0.15, 0.2) is 55.0 Å². The van der Waals surface area contributed by atoms with Crippen LogP contribution < -0.4 is 5.73 Å². The number of fused-ring (bicyclic) bond motifs is 2. The number of hydrogen-bond donors (Lipinski definition) is 1. The summed E-state index contributed by atoms with van der Waals surface area (Å²) < 4.78 is 15.4. The van der Waals surface area contributed by atoms with Crippen molar-refractivity contribution in [3.05, 3.63) is 72.2 Å². The Kier molecular flexibility index (Phi) is 4.26. The van der Waals surface area contributed by atoms with Crippen molar-refractivity contribution in [2.45, 2.75) is 13.0 Å². The minimum absolute atomic E-state index is 0.141. The molecule has 0 aliphatic rings. The molecule has 5 aromatic rings. The first kappa shape index (κ1) is 18.6. The van der Waals surface area contributed by atoms with Gasteiger partial charge in [-0.2, -0.15) is 10.4 Å². The molecule has 2 N–H and O–H groups in total. The van der Waals surface area contributed by atoms with Crippen molar-refractivity contribution < 1.29 is 4.39 Å². The number of halogens is 1. The molecule has 31 heavy (non-hydrogen) atoms. The standard InChI is InChI=1S/C22H15FN8/c1-12(31-22-19(18(10-24)30-31)21(25)27-11-28-22)20-15(17-4-2-3-7-26-17)9-13-8-14(23)5-6-16(13)29-20/h2-9,11-12H,1H3,(H2,25,27,28)/t12-/m0/s1. The number of hydrogen-bond acceptors (Lipinski definition) is 7. The summed E-state index contributed by atoms with van der Waals surface area (Å²) in [6.45, 7) is 1.90. The highest BCUT2D eigenvalue weighted by molar-refractivity contribution is 5.90. The van der Waals surface area contributed by atoms with Crippen molar-refractivity contribution in [2.24, 2.45) is 0 Å². The molecule has 4 aromatic heterocycles. The van der Waals surface area contributed by atoms with Crippen LogP contribution in [0.4, 0.5) is 10.2 Å². The molecule has 1 atom stereocenters. The summed E-state index contributed by atoms with van der Waals surface area (Å²) in [5, 5.41) is 15.0. The molecule has 4 heterocycles. The fourth-order valence-corrected chi connectivity index (χ4v) is 3.67. The molecule has 0 aliphatic carbocycles. The Morgan fingerprint density at radius 3 is 2.77 bits per heavy atom. The lowest BCUT2D eigenvalue weighted by Crippen LogP contribution is -2.13. The van der Waals surface area contributed by atoms with Crippen molar-refractivity contribution in [2.75, 3.05) is 5.73 Å². The van der Waals surface area contributed by atoms with Crippen molar-refractivity contribution in [3.8, 4) is 17.3 Å². The van der Waals surface area contributed by atoms with Gasteiger partial charge in [0, 0.05) is 17.1 Å². The number of benzene rings is 1. The van der Waals surface area contributed by atoms with E-state index in [1.807, 2.05) is 31.2 Å². The van der Waals surface area contributed by atoms with E-state index in [9.17, 15) is 9.65 Å². The third-order valence-electron chi connectivity index (χ3n) is 5.13. The molecule has 0 radical (unpaired) electrons. The normalized spacial score (nSPS) is 12.2. The first-order valence-electron chi connectivity index (χ1n) is 9.47. The highest BCUT2D eigenvalue weighted by Crippen LogP contribution is 2.33. The molecule has 150 valence electrons. The summed E-state index contributed by atoms with van der Waals surface area (Å²) in [4.78, 5) is 17.5. The molecule has 8 nitrogen and oxygen atoms in total.